The van der Waals surface area contributed by atoms with Gasteiger partial charge in [-0.1, -0.05) is 22.0 Å². The molecule has 0 atom stereocenters. The summed E-state index contributed by atoms with van der Waals surface area (Å²) >= 11 is 3.41. The van der Waals surface area contributed by atoms with E-state index in [1.165, 1.54) is 0 Å². The summed E-state index contributed by atoms with van der Waals surface area (Å²) in [7, 11) is 0. The third-order valence-electron chi connectivity index (χ3n) is 3.15. The van der Waals surface area contributed by atoms with E-state index in [1.807, 2.05) is 37.3 Å². The Hall–Kier alpha value is -2.54. The lowest BCUT2D eigenvalue weighted by molar-refractivity contribution is -0.145. The molecule has 138 valence electrons. The number of esters is 1. The topological polar surface area (TPSA) is 69.2 Å². The van der Waals surface area contributed by atoms with Gasteiger partial charge in [0.15, 0.2) is 18.1 Å². The number of hydrogen-bond acceptors (Lipinski definition) is 6. The fourth-order valence-electron chi connectivity index (χ4n) is 2.07. The minimum Gasteiger partial charge on any atom is -0.490 e. The molecule has 0 unspecified atom stereocenters. The normalized spacial score (nSPS) is 10.6. The standard InChI is InChI=1S/C19H21BrN2O4/c1-3-24-18-10-14(8-9-17(18)26-13-19(23)25-4-2)12-21-22-16-7-5-6-15(20)11-16/h5-12,22H,3-4,13H2,1-2H3. The van der Waals surface area contributed by atoms with Crippen molar-refractivity contribution in [2.24, 2.45) is 5.10 Å². The van der Waals surface area contributed by atoms with Gasteiger partial charge >= 0.3 is 5.97 Å². The average Bonchev–Trinajstić information content (AvgIpc) is 2.62. The van der Waals surface area contributed by atoms with Gasteiger partial charge in [-0.3, -0.25) is 5.43 Å². The summed E-state index contributed by atoms with van der Waals surface area (Å²) in [5, 5.41) is 4.22. The van der Waals surface area contributed by atoms with Crippen LogP contribution in [0.1, 0.15) is 19.4 Å². The molecule has 0 aromatic heterocycles. The van der Waals surface area contributed by atoms with Crippen LogP contribution in [0.2, 0.25) is 0 Å². The van der Waals surface area contributed by atoms with Gasteiger partial charge in [0.25, 0.3) is 0 Å². The number of carbonyl (C=O) groups excluding carboxylic acids is 1. The number of ether oxygens (including phenoxy) is 3. The Morgan fingerprint density at radius 1 is 1.12 bits per heavy atom. The van der Waals surface area contributed by atoms with Crippen LogP contribution in [0.5, 0.6) is 11.5 Å². The number of benzene rings is 2. The van der Waals surface area contributed by atoms with E-state index in [9.17, 15) is 4.79 Å². The van der Waals surface area contributed by atoms with E-state index in [4.69, 9.17) is 14.2 Å². The van der Waals surface area contributed by atoms with Crippen LogP contribution in [-0.2, 0) is 9.53 Å². The molecule has 7 heteroatoms. The van der Waals surface area contributed by atoms with Crippen LogP contribution in [-0.4, -0.2) is 32.0 Å². The molecule has 0 saturated carbocycles. The molecule has 0 aliphatic heterocycles. The van der Waals surface area contributed by atoms with Gasteiger partial charge in [-0.2, -0.15) is 5.10 Å². The van der Waals surface area contributed by atoms with Crippen LogP contribution < -0.4 is 14.9 Å². The van der Waals surface area contributed by atoms with Gasteiger partial charge in [0.05, 0.1) is 25.1 Å². The molecule has 6 nitrogen and oxygen atoms in total. The van der Waals surface area contributed by atoms with E-state index in [0.717, 1.165) is 15.7 Å². The Morgan fingerprint density at radius 2 is 1.96 bits per heavy atom. The first-order valence-corrected chi connectivity index (χ1v) is 9.01. The number of rotatable bonds is 9. The first kappa shape index (κ1) is 19.8. The predicted molar refractivity (Wildman–Crippen MR) is 105 cm³/mol. The third kappa shape index (κ3) is 6.40. The molecule has 0 radical (unpaired) electrons. The Balaban J connectivity index is 2.04. The fourth-order valence-corrected chi connectivity index (χ4v) is 2.47. The second kappa shape index (κ2) is 10.5. The Kier molecular flexibility index (Phi) is 7.95. The van der Waals surface area contributed by atoms with Crippen LogP contribution in [0.15, 0.2) is 52.0 Å². The van der Waals surface area contributed by atoms with Gasteiger partial charge in [0.1, 0.15) is 0 Å². The first-order chi connectivity index (χ1) is 12.6. The van der Waals surface area contributed by atoms with Crippen molar-refractivity contribution in [3.05, 3.63) is 52.5 Å². The van der Waals surface area contributed by atoms with Gasteiger partial charge in [-0.15, -0.1) is 0 Å². The summed E-state index contributed by atoms with van der Waals surface area (Å²) in [6.07, 6.45) is 1.68. The van der Waals surface area contributed by atoms with Crippen molar-refractivity contribution in [3.63, 3.8) is 0 Å². The molecule has 0 bridgehead atoms. The summed E-state index contributed by atoms with van der Waals surface area (Å²) in [5.74, 6) is 0.610. The van der Waals surface area contributed by atoms with Gasteiger partial charge < -0.3 is 14.2 Å². The zero-order valence-corrected chi connectivity index (χ0v) is 16.3. The first-order valence-electron chi connectivity index (χ1n) is 8.22. The largest absolute Gasteiger partial charge is 0.490 e. The van der Waals surface area contributed by atoms with E-state index in [1.54, 1.807) is 25.3 Å². The zero-order chi connectivity index (χ0) is 18.8. The van der Waals surface area contributed by atoms with E-state index in [-0.39, 0.29) is 6.61 Å². The number of anilines is 1. The minimum absolute atomic E-state index is 0.161. The average molecular weight is 421 g/mol. The molecule has 0 heterocycles. The van der Waals surface area contributed by atoms with Crippen molar-refractivity contribution in [1.82, 2.24) is 0 Å². The monoisotopic (exact) mass is 420 g/mol. The van der Waals surface area contributed by atoms with Crippen LogP contribution in [0, 0.1) is 0 Å². The van der Waals surface area contributed by atoms with Crippen LogP contribution in [0.3, 0.4) is 0 Å². The van der Waals surface area contributed by atoms with Crippen molar-refractivity contribution in [2.45, 2.75) is 13.8 Å². The second-order valence-corrected chi connectivity index (χ2v) is 6.03. The highest BCUT2D eigenvalue weighted by atomic mass is 79.9. The molecule has 0 fully saturated rings. The molecule has 0 spiro atoms. The molecule has 0 amide bonds. The molecule has 2 aromatic carbocycles. The summed E-state index contributed by atoms with van der Waals surface area (Å²) in [6, 6.07) is 13.1. The molecule has 0 saturated heterocycles. The highest BCUT2D eigenvalue weighted by Crippen LogP contribution is 2.28. The number of carbonyl (C=O) groups is 1. The molecule has 0 aliphatic carbocycles. The second-order valence-electron chi connectivity index (χ2n) is 5.11. The molecule has 2 aromatic rings. The summed E-state index contributed by atoms with van der Waals surface area (Å²) in [6.45, 7) is 4.27. The summed E-state index contributed by atoms with van der Waals surface area (Å²) in [5.41, 5.74) is 4.66. The van der Waals surface area contributed by atoms with Crippen molar-refractivity contribution in [1.29, 1.82) is 0 Å². The third-order valence-corrected chi connectivity index (χ3v) is 3.64. The summed E-state index contributed by atoms with van der Waals surface area (Å²) in [4.78, 5) is 11.4. The van der Waals surface area contributed by atoms with Crippen molar-refractivity contribution in [3.8, 4) is 11.5 Å². The lowest BCUT2D eigenvalue weighted by atomic mass is 10.2. The van der Waals surface area contributed by atoms with Crippen molar-refractivity contribution >= 4 is 33.8 Å². The van der Waals surface area contributed by atoms with Crippen LogP contribution >= 0.6 is 15.9 Å². The van der Waals surface area contributed by atoms with Gasteiger partial charge in [0, 0.05) is 4.47 Å². The maximum absolute atomic E-state index is 11.4. The van der Waals surface area contributed by atoms with Crippen molar-refractivity contribution < 1.29 is 19.0 Å². The van der Waals surface area contributed by atoms with E-state index in [2.05, 4.69) is 26.5 Å². The van der Waals surface area contributed by atoms with Crippen LogP contribution in [0.4, 0.5) is 5.69 Å². The minimum atomic E-state index is -0.418. The Bertz CT molecular complexity index is 765. The Morgan fingerprint density at radius 3 is 2.69 bits per heavy atom. The smallest absolute Gasteiger partial charge is 0.344 e. The lowest BCUT2D eigenvalue weighted by Gasteiger charge is -2.12. The lowest BCUT2D eigenvalue weighted by Crippen LogP contribution is -2.15. The van der Waals surface area contributed by atoms with Gasteiger partial charge in [0.2, 0.25) is 0 Å². The highest BCUT2D eigenvalue weighted by Gasteiger charge is 2.09. The molecule has 0 aliphatic rings. The number of halogens is 1. The predicted octanol–water partition coefficient (Wildman–Crippen LogP) is 4.24. The van der Waals surface area contributed by atoms with E-state index >= 15 is 0 Å². The molecular weight excluding hydrogens is 400 g/mol. The number of nitrogens with one attached hydrogen (secondary N) is 1. The Labute approximate surface area is 161 Å². The molecule has 1 N–H and O–H groups in total. The van der Waals surface area contributed by atoms with Crippen molar-refractivity contribution in [2.75, 3.05) is 25.2 Å². The molecule has 26 heavy (non-hydrogen) atoms. The molecular formula is C19H21BrN2O4. The zero-order valence-electron chi connectivity index (χ0n) is 14.7. The number of nitrogens with zero attached hydrogens (tertiary/aromatic N) is 1. The maximum atomic E-state index is 11.4. The maximum Gasteiger partial charge on any atom is 0.344 e. The van der Waals surface area contributed by atoms with Crippen LogP contribution in [0.25, 0.3) is 0 Å². The van der Waals surface area contributed by atoms with E-state index in [0.29, 0.717) is 24.7 Å². The van der Waals surface area contributed by atoms with E-state index < -0.39 is 5.97 Å². The van der Waals surface area contributed by atoms with Gasteiger partial charge in [-0.05, 0) is 55.8 Å². The van der Waals surface area contributed by atoms with Gasteiger partial charge in [-0.25, -0.2) is 4.79 Å². The molecule has 2 rings (SSSR count). The highest BCUT2D eigenvalue weighted by molar-refractivity contribution is 9.10. The number of hydrogen-bond donors (Lipinski definition) is 1. The summed E-state index contributed by atoms with van der Waals surface area (Å²) < 4.78 is 16.9. The fraction of sp³-hybridized carbons (Fsp3) is 0.263. The number of hydrazone groups is 1. The SMILES string of the molecule is CCOC(=O)COc1ccc(C=NNc2cccc(Br)c2)cc1OCC. The quantitative estimate of drug-likeness (QED) is 0.373.